The third-order valence-corrected chi connectivity index (χ3v) is 4.01. The van der Waals surface area contributed by atoms with Gasteiger partial charge in [-0.15, -0.1) is 0 Å². The van der Waals surface area contributed by atoms with Crippen molar-refractivity contribution >= 4 is 29.1 Å². The first-order valence-electron chi connectivity index (χ1n) is 7.65. The fourth-order valence-electron chi connectivity index (χ4n) is 2.36. The molecular weight excluding hydrogens is 354 g/mol. The van der Waals surface area contributed by atoms with Gasteiger partial charge in [-0.2, -0.15) is 0 Å². The minimum atomic E-state index is -0.644. The van der Waals surface area contributed by atoms with Crippen LogP contribution in [-0.2, 0) is 0 Å². The number of hydrogen-bond acceptors (Lipinski definition) is 4. The molecule has 3 aromatic rings. The van der Waals surface area contributed by atoms with E-state index in [1.807, 2.05) is 18.2 Å². The van der Waals surface area contributed by atoms with E-state index in [1.165, 1.54) is 29.7 Å². The molecule has 0 aliphatic rings. The monoisotopic (exact) mass is 367 g/mol. The lowest BCUT2D eigenvalue weighted by Gasteiger charge is -2.09. The zero-order chi connectivity index (χ0) is 18.5. The molecule has 130 valence electrons. The summed E-state index contributed by atoms with van der Waals surface area (Å²) in [4.78, 5) is 28.0. The summed E-state index contributed by atoms with van der Waals surface area (Å²) in [6.07, 6.45) is 1.67. The van der Waals surface area contributed by atoms with Crippen molar-refractivity contribution < 1.29 is 14.8 Å². The zero-order valence-corrected chi connectivity index (χ0v) is 14.2. The van der Waals surface area contributed by atoms with Crippen molar-refractivity contribution in [3.8, 4) is 11.3 Å². The fourth-order valence-corrected chi connectivity index (χ4v) is 2.58. The molecule has 0 saturated heterocycles. The number of rotatable bonds is 4. The van der Waals surface area contributed by atoms with E-state index in [4.69, 9.17) is 16.8 Å². The number of carbonyl (C=O) groups is 2. The summed E-state index contributed by atoms with van der Waals surface area (Å²) in [5, 5.41) is 11.9. The fraction of sp³-hybridized carbons (Fsp3) is 0. The van der Waals surface area contributed by atoms with Gasteiger partial charge in [-0.05, 0) is 54.6 Å². The van der Waals surface area contributed by atoms with Crippen molar-refractivity contribution in [2.75, 3.05) is 5.32 Å². The van der Waals surface area contributed by atoms with E-state index in [-0.39, 0.29) is 11.5 Å². The first-order valence-corrected chi connectivity index (χ1v) is 8.03. The molecule has 0 atom stereocenters. The third kappa shape index (κ3) is 3.88. The second-order valence-corrected chi connectivity index (χ2v) is 5.79. The van der Waals surface area contributed by atoms with Crippen LogP contribution in [0, 0.1) is 0 Å². The highest BCUT2D eigenvalue weighted by Gasteiger charge is 2.11. The number of pyridine rings is 1. The number of nitrogens with zero attached hydrogens (tertiary/aromatic N) is 1. The average Bonchev–Trinajstić information content (AvgIpc) is 2.69. The molecule has 3 rings (SSSR count). The summed E-state index contributed by atoms with van der Waals surface area (Å²) >= 11 is 6.23. The number of amides is 2. The maximum absolute atomic E-state index is 12.4. The Kier molecular flexibility index (Phi) is 5.26. The highest BCUT2D eigenvalue weighted by Crippen LogP contribution is 2.29. The Morgan fingerprint density at radius 2 is 1.62 bits per heavy atom. The van der Waals surface area contributed by atoms with Crippen LogP contribution in [0.15, 0.2) is 66.9 Å². The van der Waals surface area contributed by atoms with Crippen LogP contribution < -0.4 is 10.8 Å². The highest BCUT2D eigenvalue weighted by atomic mass is 35.5. The Balaban J connectivity index is 1.80. The van der Waals surface area contributed by atoms with Gasteiger partial charge in [-0.3, -0.25) is 19.8 Å². The van der Waals surface area contributed by atoms with E-state index < -0.39 is 5.91 Å². The summed E-state index contributed by atoms with van der Waals surface area (Å²) in [5.74, 6) is -0.982. The topological polar surface area (TPSA) is 91.3 Å². The second-order valence-electron chi connectivity index (χ2n) is 5.38. The summed E-state index contributed by atoms with van der Waals surface area (Å²) in [6.45, 7) is 0. The van der Waals surface area contributed by atoms with Crippen molar-refractivity contribution in [1.82, 2.24) is 10.5 Å². The molecular formula is C19H14ClN3O3. The van der Waals surface area contributed by atoms with E-state index in [0.29, 0.717) is 27.5 Å². The molecule has 0 bridgehead atoms. The summed E-state index contributed by atoms with van der Waals surface area (Å²) in [6, 6.07) is 16.5. The Morgan fingerprint density at radius 1 is 0.923 bits per heavy atom. The Hall–Kier alpha value is -3.22. The summed E-state index contributed by atoms with van der Waals surface area (Å²) in [7, 11) is 0. The van der Waals surface area contributed by atoms with Gasteiger partial charge in [0.25, 0.3) is 11.8 Å². The number of benzene rings is 2. The molecule has 2 aromatic carbocycles. The predicted octanol–water partition coefficient (Wildman–Crippen LogP) is 3.77. The normalized spacial score (nSPS) is 10.2. The number of aromatic nitrogens is 1. The van der Waals surface area contributed by atoms with E-state index in [2.05, 4.69) is 10.3 Å². The molecule has 1 heterocycles. The molecule has 3 N–H and O–H groups in total. The van der Waals surface area contributed by atoms with Crippen molar-refractivity contribution in [3.63, 3.8) is 0 Å². The minimum absolute atomic E-state index is 0.244. The molecule has 0 radical (unpaired) electrons. The number of halogens is 1. The van der Waals surface area contributed by atoms with Crippen LogP contribution in [0.2, 0.25) is 5.02 Å². The molecule has 6 nitrogen and oxygen atoms in total. The lowest BCUT2D eigenvalue weighted by Crippen LogP contribution is -2.19. The van der Waals surface area contributed by atoms with Crippen LogP contribution in [0.3, 0.4) is 0 Å². The Morgan fingerprint density at radius 3 is 2.23 bits per heavy atom. The third-order valence-electron chi connectivity index (χ3n) is 3.68. The maximum Gasteiger partial charge on any atom is 0.274 e. The molecule has 1 aromatic heterocycles. The number of anilines is 1. The average molecular weight is 368 g/mol. The van der Waals surface area contributed by atoms with Crippen molar-refractivity contribution in [1.29, 1.82) is 0 Å². The first kappa shape index (κ1) is 17.6. The molecule has 0 unspecified atom stereocenters. The van der Waals surface area contributed by atoms with Gasteiger partial charge in [-0.1, -0.05) is 17.7 Å². The summed E-state index contributed by atoms with van der Waals surface area (Å²) < 4.78 is 0. The quantitative estimate of drug-likeness (QED) is 0.483. The molecule has 0 aliphatic heterocycles. The van der Waals surface area contributed by atoms with Crippen molar-refractivity contribution in [2.24, 2.45) is 0 Å². The lowest BCUT2D eigenvalue weighted by molar-refractivity contribution is 0.0706. The molecule has 26 heavy (non-hydrogen) atoms. The maximum atomic E-state index is 12.4. The number of hydrogen-bond donors (Lipinski definition) is 3. The van der Waals surface area contributed by atoms with Crippen molar-refractivity contribution in [3.05, 3.63) is 83.0 Å². The number of nitrogens with one attached hydrogen (secondary N) is 2. The van der Waals surface area contributed by atoms with E-state index in [0.717, 1.165) is 0 Å². The predicted molar refractivity (Wildman–Crippen MR) is 98.3 cm³/mol. The first-order chi connectivity index (χ1) is 12.6. The van der Waals surface area contributed by atoms with Crippen molar-refractivity contribution in [2.45, 2.75) is 0 Å². The highest BCUT2D eigenvalue weighted by molar-refractivity contribution is 6.33. The largest absolute Gasteiger partial charge is 0.322 e. The van der Waals surface area contributed by atoms with Gasteiger partial charge in [-0.25, -0.2) is 5.48 Å². The van der Waals surface area contributed by atoms with Gasteiger partial charge < -0.3 is 5.32 Å². The molecule has 0 saturated carbocycles. The Bertz CT molecular complexity index is 944. The molecule has 7 heteroatoms. The van der Waals surface area contributed by atoms with Gasteiger partial charge >= 0.3 is 0 Å². The molecule has 0 aliphatic carbocycles. The Labute approximate surface area is 154 Å². The standard InChI is InChI=1S/C19H14ClN3O3/c20-16-9-8-14(11-15(16)17-3-1-2-10-21-17)22-18(24)12-4-6-13(7-5-12)19(25)23-26/h1-11,26H,(H,22,24)(H,23,25). The van der Waals surface area contributed by atoms with Crippen LogP contribution in [-0.4, -0.2) is 22.0 Å². The smallest absolute Gasteiger partial charge is 0.274 e. The number of hydroxylamine groups is 1. The molecule has 2 amide bonds. The van der Waals surface area contributed by atoms with Gasteiger partial charge in [0, 0.05) is 28.6 Å². The lowest BCUT2D eigenvalue weighted by atomic mass is 10.1. The molecule has 0 spiro atoms. The van der Waals surface area contributed by atoms with Gasteiger partial charge in [0.1, 0.15) is 0 Å². The van der Waals surface area contributed by atoms with Crippen LogP contribution >= 0.6 is 11.6 Å². The SMILES string of the molecule is O=C(NO)c1ccc(C(=O)Nc2ccc(Cl)c(-c3ccccn3)c2)cc1. The van der Waals surface area contributed by atoms with Gasteiger partial charge in [0.2, 0.25) is 0 Å². The zero-order valence-electron chi connectivity index (χ0n) is 13.4. The second kappa shape index (κ2) is 7.77. The van der Waals surface area contributed by atoms with E-state index in [1.54, 1.807) is 24.4 Å². The minimum Gasteiger partial charge on any atom is -0.322 e. The molecule has 0 fully saturated rings. The van der Waals surface area contributed by atoms with Crippen LogP contribution in [0.4, 0.5) is 5.69 Å². The van der Waals surface area contributed by atoms with Crippen LogP contribution in [0.25, 0.3) is 11.3 Å². The van der Waals surface area contributed by atoms with Crippen LogP contribution in [0.5, 0.6) is 0 Å². The van der Waals surface area contributed by atoms with Gasteiger partial charge in [0.05, 0.1) is 10.7 Å². The van der Waals surface area contributed by atoms with E-state index >= 15 is 0 Å². The van der Waals surface area contributed by atoms with Gasteiger partial charge in [0.15, 0.2) is 0 Å². The van der Waals surface area contributed by atoms with Crippen LogP contribution in [0.1, 0.15) is 20.7 Å². The number of carbonyl (C=O) groups excluding carboxylic acids is 2. The van der Waals surface area contributed by atoms with E-state index in [9.17, 15) is 9.59 Å². The summed E-state index contributed by atoms with van der Waals surface area (Å²) in [5.41, 5.74) is 4.13.